The molecule has 13 heavy (non-hydrogen) atoms. The smallest absolute Gasteiger partial charge is 0.184 e. The highest BCUT2D eigenvalue weighted by atomic mass is 32.2. The minimum Gasteiger partial charge on any atom is -0.184 e. The molecule has 3 heteroatoms. The van der Waals surface area contributed by atoms with E-state index in [0.717, 1.165) is 6.42 Å². The van der Waals surface area contributed by atoms with Crippen LogP contribution in [0.5, 0.6) is 0 Å². The third-order valence-corrected chi connectivity index (χ3v) is 3.04. The topological polar surface area (TPSA) is 34.1 Å². The summed E-state index contributed by atoms with van der Waals surface area (Å²) in [7, 11) is -2.06. The minimum atomic E-state index is -2.06. The summed E-state index contributed by atoms with van der Waals surface area (Å²) in [5.74, 6) is 0.372. The van der Waals surface area contributed by atoms with E-state index in [1.165, 1.54) is 5.57 Å². The number of hydrogen-bond acceptors (Lipinski definition) is 2. The fraction of sp³-hybridized carbons (Fsp3) is 0.300. The number of hydrogen-bond donors (Lipinski definition) is 0. The van der Waals surface area contributed by atoms with Gasteiger partial charge in [0.25, 0.3) is 0 Å². The molecule has 0 aromatic carbocycles. The fourth-order valence-electron chi connectivity index (χ4n) is 1.60. The van der Waals surface area contributed by atoms with Crippen LogP contribution >= 0.6 is 0 Å². The van der Waals surface area contributed by atoms with Gasteiger partial charge in [0, 0.05) is 12.3 Å². The number of fused-ring (bicyclic) bond motifs is 1. The summed E-state index contributed by atoms with van der Waals surface area (Å²) in [4.78, 5) is 0.484. The van der Waals surface area contributed by atoms with Crippen molar-refractivity contribution >= 4 is 15.2 Å². The van der Waals surface area contributed by atoms with Gasteiger partial charge in [0.15, 0.2) is 0 Å². The van der Waals surface area contributed by atoms with E-state index in [-0.39, 0.29) is 0 Å². The maximum absolute atomic E-state index is 10.7. The highest BCUT2D eigenvalue weighted by molar-refractivity contribution is 7.73. The van der Waals surface area contributed by atoms with Crippen LogP contribution in [0.3, 0.4) is 0 Å². The first-order valence-electron chi connectivity index (χ1n) is 4.16. The Bertz CT molecular complexity index is 428. The summed E-state index contributed by atoms with van der Waals surface area (Å²) in [5, 5.41) is 0. The van der Waals surface area contributed by atoms with Gasteiger partial charge in [-0.1, -0.05) is 23.8 Å². The van der Waals surface area contributed by atoms with E-state index in [1.807, 2.05) is 18.2 Å². The van der Waals surface area contributed by atoms with E-state index in [4.69, 9.17) is 0 Å². The molecular formula is C10H9O2S. The largest absolute Gasteiger partial charge is 0.217 e. The third kappa shape index (κ3) is 1.65. The van der Waals surface area contributed by atoms with Gasteiger partial charge in [0.2, 0.25) is 10.3 Å². The zero-order valence-electron chi connectivity index (χ0n) is 7.03. The van der Waals surface area contributed by atoms with Crippen molar-refractivity contribution in [3.63, 3.8) is 0 Å². The van der Waals surface area contributed by atoms with Crippen LogP contribution in [-0.4, -0.2) is 13.3 Å². The molecule has 0 heterocycles. The van der Waals surface area contributed by atoms with Crippen LogP contribution in [-0.2, 0) is 10.3 Å². The number of rotatable bonds is 0. The van der Waals surface area contributed by atoms with Gasteiger partial charge in [-0.2, -0.15) is 8.42 Å². The molecule has 2 nitrogen and oxygen atoms in total. The Balaban J connectivity index is 2.42. The predicted octanol–water partition coefficient (Wildman–Crippen LogP) is 1.30. The Kier molecular flexibility index (Phi) is 2.19. The third-order valence-electron chi connectivity index (χ3n) is 2.34. The molecule has 0 amide bonds. The number of allylic oxidation sites excluding steroid dienone is 6. The molecule has 2 aliphatic carbocycles. The second kappa shape index (κ2) is 3.34. The van der Waals surface area contributed by atoms with Gasteiger partial charge in [-0.15, -0.1) is 0 Å². The predicted molar refractivity (Wildman–Crippen MR) is 51.7 cm³/mol. The fourth-order valence-corrected chi connectivity index (χ4v) is 2.07. The van der Waals surface area contributed by atoms with E-state index >= 15 is 0 Å². The quantitative estimate of drug-likeness (QED) is 0.543. The summed E-state index contributed by atoms with van der Waals surface area (Å²) < 4.78 is 21.4. The standard InChI is InChI=1S/C10H9O2S/c11-13(12)10-6-5-8-3-1-2-4-9(8)7-10/h2,4-6,8H,3,7H2. The molecule has 0 aromatic rings. The summed E-state index contributed by atoms with van der Waals surface area (Å²) in [5.41, 5.74) is 1.18. The van der Waals surface area contributed by atoms with Crippen LogP contribution in [0.15, 0.2) is 29.9 Å². The molecule has 1 radical (unpaired) electrons. The van der Waals surface area contributed by atoms with Crippen LogP contribution in [0.1, 0.15) is 12.8 Å². The van der Waals surface area contributed by atoms with Crippen molar-refractivity contribution in [2.45, 2.75) is 12.8 Å². The monoisotopic (exact) mass is 193 g/mol. The Morgan fingerprint density at radius 3 is 3.08 bits per heavy atom. The summed E-state index contributed by atoms with van der Waals surface area (Å²) in [6.45, 7) is 0. The highest BCUT2D eigenvalue weighted by Gasteiger charge is 2.18. The minimum absolute atomic E-state index is 0.372. The Hall–Kier alpha value is -1.09. The van der Waals surface area contributed by atoms with E-state index in [2.05, 4.69) is 6.08 Å². The van der Waals surface area contributed by atoms with Crippen molar-refractivity contribution in [2.24, 2.45) is 5.92 Å². The molecule has 0 aromatic heterocycles. The van der Waals surface area contributed by atoms with Crippen LogP contribution in [0.2, 0.25) is 0 Å². The molecule has 0 bridgehead atoms. The van der Waals surface area contributed by atoms with Crippen LogP contribution < -0.4 is 0 Å². The van der Waals surface area contributed by atoms with Crippen LogP contribution in [0.4, 0.5) is 0 Å². The second-order valence-electron chi connectivity index (χ2n) is 3.16. The van der Waals surface area contributed by atoms with Gasteiger partial charge in [-0.3, -0.25) is 0 Å². The molecular weight excluding hydrogens is 184 g/mol. The molecule has 67 valence electrons. The van der Waals surface area contributed by atoms with Crippen molar-refractivity contribution in [1.82, 2.24) is 0 Å². The maximum Gasteiger partial charge on any atom is 0.217 e. The zero-order valence-corrected chi connectivity index (χ0v) is 7.84. The summed E-state index contributed by atoms with van der Waals surface area (Å²) in [6, 6.07) is 0. The van der Waals surface area contributed by atoms with Gasteiger partial charge in [-0.25, -0.2) is 0 Å². The lowest BCUT2D eigenvalue weighted by molar-refractivity contribution is 0.626. The van der Waals surface area contributed by atoms with E-state index in [9.17, 15) is 8.42 Å². The molecule has 0 N–H and O–H groups in total. The molecule has 1 unspecified atom stereocenters. The van der Waals surface area contributed by atoms with Crippen molar-refractivity contribution in [3.8, 4) is 0 Å². The van der Waals surface area contributed by atoms with Gasteiger partial charge in [0.05, 0.1) is 4.86 Å². The van der Waals surface area contributed by atoms with Gasteiger partial charge in [0.1, 0.15) is 0 Å². The van der Waals surface area contributed by atoms with Gasteiger partial charge in [-0.05, 0) is 18.6 Å². The Labute approximate surface area is 78.8 Å². The van der Waals surface area contributed by atoms with Crippen molar-refractivity contribution < 1.29 is 8.42 Å². The van der Waals surface area contributed by atoms with E-state index in [1.54, 1.807) is 6.08 Å². The van der Waals surface area contributed by atoms with Crippen LogP contribution in [0.25, 0.3) is 0 Å². The normalized spacial score (nSPS) is 25.4. The lowest BCUT2D eigenvalue weighted by atomic mass is 9.85. The molecule has 0 spiro atoms. The molecule has 0 saturated heterocycles. The lowest BCUT2D eigenvalue weighted by Gasteiger charge is -2.21. The summed E-state index contributed by atoms with van der Waals surface area (Å²) in [6.07, 6.45) is 12.0. The zero-order chi connectivity index (χ0) is 9.26. The average Bonchev–Trinajstić information content (AvgIpc) is 2.17. The van der Waals surface area contributed by atoms with Gasteiger partial charge < -0.3 is 0 Å². The summed E-state index contributed by atoms with van der Waals surface area (Å²) >= 11 is 0. The average molecular weight is 193 g/mol. The van der Waals surface area contributed by atoms with Crippen molar-refractivity contribution in [3.05, 3.63) is 36.0 Å². The molecule has 1 atom stereocenters. The van der Waals surface area contributed by atoms with Crippen molar-refractivity contribution in [1.29, 1.82) is 0 Å². The Morgan fingerprint density at radius 2 is 2.31 bits per heavy atom. The molecule has 2 aliphatic rings. The molecule has 2 rings (SSSR count). The molecule has 0 saturated carbocycles. The highest BCUT2D eigenvalue weighted by Crippen LogP contribution is 2.27. The molecule has 0 fully saturated rings. The first-order valence-corrected chi connectivity index (χ1v) is 5.24. The first kappa shape index (κ1) is 8.51. The molecule has 0 aliphatic heterocycles. The second-order valence-corrected chi connectivity index (χ2v) is 4.15. The SMILES string of the molecule is O=S(=O)=C1C=CC2C[C]=CC=C2C1. The van der Waals surface area contributed by atoms with E-state index < -0.39 is 10.3 Å². The van der Waals surface area contributed by atoms with Crippen molar-refractivity contribution in [2.75, 3.05) is 0 Å². The first-order chi connectivity index (χ1) is 6.27. The Morgan fingerprint density at radius 1 is 1.46 bits per heavy atom. The lowest BCUT2D eigenvalue weighted by Crippen LogP contribution is -2.13. The van der Waals surface area contributed by atoms with Gasteiger partial charge >= 0.3 is 0 Å². The maximum atomic E-state index is 10.7. The van der Waals surface area contributed by atoms with E-state index in [0.29, 0.717) is 17.2 Å². The van der Waals surface area contributed by atoms with Crippen LogP contribution in [0, 0.1) is 12.0 Å².